The number of imidazole rings is 1. The Kier molecular flexibility index (Phi) is 5.16. The third kappa shape index (κ3) is 3.68. The minimum Gasteiger partial charge on any atom is -0.376 e. The van der Waals surface area contributed by atoms with Crippen molar-refractivity contribution in [3.05, 3.63) is 53.1 Å². The number of rotatable bonds is 5. The van der Waals surface area contributed by atoms with Crippen LogP contribution in [-0.4, -0.2) is 40.6 Å². The molecule has 0 radical (unpaired) electrons. The van der Waals surface area contributed by atoms with Crippen molar-refractivity contribution in [1.29, 1.82) is 0 Å². The average molecular weight is 439 g/mol. The van der Waals surface area contributed by atoms with Gasteiger partial charge in [0.25, 0.3) is 5.91 Å². The summed E-state index contributed by atoms with van der Waals surface area (Å²) in [6.07, 6.45) is 1.93. The van der Waals surface area contributed by atoms with Crippen LogP contribution in [0.25, 0.3) is 11.0 Å². The van der Waals surface area contributed by atoms with Gasteiger partial charge in [0.2, 0.25) is 11.9 Å². The lowest BCUT2D eigenvalue weighted by molar-refractivity contribution is -0.124. The molecule has 1 N–H and O–H groups in total. The fraction of sp³-hybridized carbons (Fsp3) is 0.348. The van der Waals surface area contributed by atoms with Crippen LogP contribution in [0.15, 0.2) is 42.5 Å². The lowest BCUT2D eigenvalue weighted by Crippen LogP contribution is -2.37. The van der Waals surface area contributed by atoms with Gasteiger partial charge in [-0.25, -0.2) is 4.98 Å². The molecule has 31 heavy (non-hydrogen) atoms. The maximum atomic E-state index is 13.4. The van der Waals surface area contributed by atoms with E-state index in [1.807, 2.05) is 41.8 Å². The normalized spacial score (nSPS) is 20.5. The van der Waals surface area contributed by atoms with E-state index in [1.54, 1.807) is 17.0 Å². The van der Waals surface area contributed by atoms with Crippen LogP contribution in [0.5, 0.6) is 0 Å². The summed E-state index contributed by atoms with van der Waals surface area (Å²) < 4.78 is 7.64. The number of anilines is 2. The van der Waals surface area contributed by atoms with Gasteiger partial charge in [-0.05, 0) is 49.6 Å². The summed E-state index contributed by atoms with van der Waals surface area (Å²) in [5.74, 6) is 0.214. The fourth-order valence-electron chi connectivity index (χ4n) is 4.37. The second-order valence-corrected chi connectivity index (χ2v) is 8.52. The second-order valence-electron chi connectivity index (χ2n) is 8.08. The molecule has 1 aromatic heterocycles. The van der Waals surface area contributed by atoms with Crippen molar-refractivity contribution in [3.8, 4) is 0 Å². The number of hydrogen-bond donors (Lipinski definition) is 1. The first-order chi connectivity index (χ1) is 15.0. The third-order valence-corrected chi connectivity index (χ3v) is 6.18. The summed E-state index contributed by atoms with van der Waals surface area (Å²) in [5, 5.41) is 3.45. The van der Waals surface area contributed by atoms with Crippen LogP contribution in [0.1, 0.15) is 30.9 Å². The Morgan fingerprint density at radius 1 is 1.29 bits per heavy atom. The van der Waals surface area contributed by atoms with Gasteiger partial charge in [-0.15, -0.1) is 0 Å². The molecule has 0 saturated carbocycles. The molecule has 0 aliphatic carbocycles. The van der Waals surface area contributed by atoms with Crippen molar-refractivity contribution in [2.24, 2.45) is 0 Å². The zero-order chi connectivity index (χ0) is 21.5. The van der Waals surface area contributed by atoms with Crippen LogP contribution in [-0.2, 0) is 14.3 Å². The summed E-state index contributed by atoms with van der Waals surface area (Å²) in [6, 6.07) is 12.4. The van der Waals surface area contributed by atoms with Crippen molar-refractivity contribution in [2.75, 3.05) is 23.4 Å². The Balaban J connectivity index is 1.44. The predicted molar refractivity (Wildman–Crippen MR) is 120 cm³/mol. The predicted octanol–water partition coefficient (Wildman–Crippen LogP) is 4.09. The van der Waals surface area contributed by atoms with Gasteiger partial charge >= 0.3 is 0 Å². The molecule has 1 saturated heterocycles. The van der Waals surface area contributed by atoms with E-state index >= 15 is 0 Å². The highest BCUT2D eigenvalue weighted by Crippen LogP contribution is 2.37. The van der Waals surface area contributed by atoms with Crippen LogP contribution in [0.2, 0.25) is 5.02 Å². The summed E-state index contributed by atoms with van der Waals surface area (Å²) in [7, 11) is 0. The highest BCUT2D eigenvalue weighted by Gasteiger charge is 2.42. The average Bonchev–Trinajstić information content (AvgIpc) is 3.44. The van der Waals surface area contributed by atoms with Crippen LogP contribution >= 0.6 is 11.6 Å². The lowest BCUT2D eigenvalue weighted by atomic mass is 10.1. The van der Waals surface area contributed by atoms with E-state index in [-0.39, 0.29) is 24.3 Å². The van der Waals surface area contributed by atoms with Crippen LogP contribution in [0.4, 0.5) is 11.6 Å². The molecular weight excluding hydrogens is 416 g/mol. The van der Waals surface area contributed by atoms with Crippen molar-refractivity contribution >= 4 is 46.1 Å². The first-order valence-electron chi connectivity index (χ1n) is 10.5. The fourth-order valence-corrected chi connectivity index (χ4v) is 4.54. The lowest BCUT2D eigenvalue weighted by Gasteiger charge is -2.19. The molecule has 7 nitrogen and oxygen atoms in total. The zero-order valence-electron chi connectivity index (χ0n) is 17.2. The second kappa shape index (κ2) is 7.98. The van der Waals surface area contributed by atoms with E-state index in [1.165, 1.54) is 0 Å². The Morgan fingerprint density at radius 2 is 2.13 bits per heavy atom. The number of halogens is 1. The van der Waals surface area contributed by atoms with Gasteiger partial charge in [-0.2, -0.15) is 0 Å². The van der Waals surface area contributed by atoms with Gasteiger partial charge in [0.15, 0.2) is 0 Å². The molecule has 3 aromatic rings. The van der Waals surface area contributed by atoms with Gasteiger partial charge in [0.1, 0.15) is 6.04 Å². The molecule has 2 amide bonds. The van der Waals surface area contributed by atoms with E-state index < -0.39 is 6.04 Å². The monoisotopic (exact) mass is 438 g/mol. The molecular formula is C23H23ClN4O3. The molecule has 2 aliphatic heterocycles. The minimum absolute atomic E-state index is 0.00102. The number of aromatic nitrogens is 2. The molecule has 2 aromatic carbocycles. The van der Waals surface area contributed by atoms with Crippen LogP contribution in [0, 0.1) is 6.92 Å². The SMILES string of the molecule is Cc1ccc(Cl)cc1NC(=O)C[C@@H]1C(=O)N(C[C@@H]2CCCO2)c2nc3ccccc3n21. The number of aryl methyl sites for hydroxylation is 1. The standard InChI is InChI=1S/C23H23ClN4O3/c1-14-8-9-15(24)11-18(14)25-21(29)12-20-22(30)27(13-16-5-4-10-31-16)23-26-17-6-2-3-7-19(17)28(20)23/h2-3,6-9,11,16,20H,4-5,10,12-13H2,1H3,(H,25,29)/t16-,20+/m0/s1. The number of ether oxygens (including phenoxy) is 1. The Morgan fingerprint density at radius 3 is 2.94 bits per heavy atom. The van der Waals surface area contributed by atoms with Gasteiger partial charge in [-0.3, -0.25) is 19.1 Å². The molecule has 2 aliphatic rings. The number of amides is 2. The van der Waals surface area contributed by atoms with Crippen molar-refractivity contribution < 1.29 is 14.3 Å². The minimum atomic E-state index is -0.650. The number of benzene rings is 2. The van der Waals surface area contributed by atoms with E-state index in [9.17, 15) is 9.59 Å². The number of carbonyl (C=O) groups is 2. The van der Waals surface area contributed by atoms with E-state index in [0.29, 0.717) is 29.8 Å². The summed E-state index contributed by atoms with van der Waals surface area (Å²) in [5.41, 5.74) is 3.20. The molecule has 5 rings (SSSR count). The zero-order valence-corrected chi connectivity index (χ0v) is 17.9. The number of carbonyl (C=O) groups excluding carboxylic acids is 2. The maximum Gasteiger partial charge on any atom is 0.253 e. The van der Waals surface area contributed by atoms with E-state index in [4.69, 9.17) is 21.3 Å². The highest BCUT2D eigenvalue weighted by atomic mass is 35.5. The molecule has 0 spiro atoms. The maximum absolute atomic E-state index is 13.4. The van der Waals surface area contributed by atoms with Gasteiger partial charge in [0.05, 0.1) is 30.1 Å². The van der Waals surface area contributed by atoms with Crippen LogP contribution < -0.4 is 10.2 Å². The van der Waals surface area contributed by atoms with Crippen molar-refractivity contribution in [1.82, 2.24) is 9.55 Å². The van der Waals surface area contributed by atoms with Crippen molar-refractivity contribution in [2.45, 2.75) is 38.3 Å². The summed E-state index contributed by atoms with van der Waals surface area (Å²) >= 11 is 6.08. The van der Waals surface area contributed by atoms with Gasteiger partial charge < -0.3 is 10.1 Å². The Hall–Kier alpha value is -2.90. The molecule has 8 heteroatoms. The van der Waals surface area contributed by atoms with Gasteiger partial charge in [0, 0.05) is 17.3 Å². The number of fused-ring (bicyclic) bond motifs is 3. The van der Waals surface area contributed by atoms with Crippen LogP contribution in [0.3, 0.4) is 0 Å². The molecule has 2 atom stereocenters. The van der Waals surface area contributed by atoms with E-state index in [0.717, 1.165) is 29.4 Å². The third-order valence-electron chi connectivity index (χ3n) is 5.94. The topological polar surface area (TPSA) is 76.5 Å². The first kappa shape index (κ1) is 20.0. The Bertz CT molecular complexity index is 1170. The summed E-state index contributed by atoms with van der Waals surface area (Å²) in [6.45, 7) is 3.07. The van der Waals surface area contributed by atoms with Gasteiger partial charge in [-0.1, -0.05) is 29.8 Å². The Labute approximate surface area is 184 Å². The molecule has 3 heterocycles. The van der Waals surface area contributed by atoms with Crippen molar-refractivity contribution in [3.63, 3.8) is 0 Å². The molecule has 0 unspecified atom stereocenters. The number of nitrogens with one attached hydrogen (secondary N) is 1. The summed E-state index contributed by atoms with van der Waals surface area (Å²) in [4.78, 5) is 32.7. The number of para-hydroxylation sites is 2. The largest absolute Gasteiger partial charge is 0.376 e. The highest BCUT2D eigenvalue weighted by molar-refractivity contribution is 6.31. The smallest absolute Gasteiger partial charge is 0.253 e. The van der Waals surface area contributed by atoms with E-state index in [2.05, 4.69) is 5.32 Å². The first-order valence-corrected chi connectivity index (χ1v) is 10.8. The molecule has 160 valence electrons. The quantitative estimate of drug-likeness (QED) is 0.650. The number of hydrogen-bond acceptors (Lipinski definition) is 4. The molecule has 1 fully saturated rings. The number of nitrogens with zero attached hydrogens (tertiary/aromatic N) is 3. The molecule has 0 bridgehead atoms.